The van der Waals surface area contributed by atoms with Gasteiger partial charge in [0.05, 0.1) is 12.0 Å². The number of methoxy groups -OCH3 is 1. The van der Waals surface area contributed by atoms with E-state index >= 15 is 0 Å². The zero-order valence-electron chi connectivity index (χ0n) is 14.4. The van der Waals surface area contributed by atoms with Gasteiger partial charge in [0.25, 0.3) is 0 Å². The summed E-state index contributed by atoms with van der Waals surface area (Å²) in [5, 5.41) is 2.82. The lowest BCUT2D eigenvalue weighted by molar-refractivity contribution is -0.121. The fourth-order valence-corrected chi connectivity index (χ4v) is 4.36. The molecule has 0 saturated carbocycles. The van der Waals surface area contributed by atoms with Crippen molar-refractivity contribution in [2.24, 2.45) is 0 Å². The average Bonchev–Trinajstić information content (AvgIpc) is 3.13. The zero-order chi connectivity index (χ0) is 17.6. The van der Waals surface area contributed by atoms with Gasteiger partial charge in [-0.15, -0.1) is 0 Å². The minimum atomic E-state index is -3.46. The fourth-order valence-electron chi connectivity index (χ4n) is 2.79. The first-order valence-electron chi connectivity index (χ1n) is 8.42. The highest BCUT2D eigenvalue weighted by Gasteiger charge is 2.27. The number of rotatable bonds is 8. The molecular formula is C17H26N2O4S. The molecule has 0 spiro atoms. The third-order valence-corrected chi connectivity index (χ3v) is 6.04. The van der Waals surface area contributed by atoms with Gasteiger partial charge in [0.2, 0.25) is 15.9 Å². The van der Waals surface area contributed by atoms with Crippen LogP contribution in [-0.2, 0) is 21.2 Å². The lowest BCUT2D eigenvalue weighted by Crippen LogP contribution is -2.28. The first-order chi connectivity index (χ1) is 11.5. The summed E-state index contributed by atoms with van der Waals surface area (Å²) in [6, 6.07) is 4.88. The lowest BCUT2D eigenvalue weighted by Gasteiger charge is -2.17. The van der Waals surface area contributed by atoms with Crippen molar-refractivity contribution in [1.29, 1.82) is 0 Å². The highest BCUT2D eigenvalue weighted by atomic mass is 32.2. The van der Waals surface area contributed by atoms with E-state index in [1.165, 1.54) is 4.31 Å². The molecule has 1 aliphatic rings. The van der Waals surface area contributed by atoms with Gasteiger partial charge in [-0.1, -0.05) is 6.92 Å². The summed E-state index contributed by atoms with van der Waals surface area (Å²) >= 11 is 0. The molecule has 24 heavy (non-hydrogen) atoms. The summed E-state index contributed by atoms with van der Waals surface area (Å²) in [5.41, 5.74) is 0.740. The van der Waals surface area contributed by atoms with Crippen LogP contribution in [0.4, 0.5) is 0 Å². The second kappa shape index (κ2) is 8.48. The van der Waals surface area contributed by atoms with Crippen LogP contribution >= 0.6 is 0 Å². The van der Waals surface area contributed by atoms with Gasteiger partial charge in [-0.05, 0) is 49.4 Å². The largest absolute Gasteiger partial charge is 0.496 e. The Balaban J connectivity index is 2.16. The molecule has 1 fully saturated rings. The number of carbonyl (C=O) groups excluding carboxylic acids is 1. The molecule has 1 aromatic carbocycles. The quantitative estimate of drug-likeness (QED) is 0.774. The lowest BCUT2D eigenvalue weighted by atomic mass is 10.1. The molecule has 6 nitrogen and oxygen atoms in total. The highest BCUT2D eigenvalue weighted by Crippen LogP contribution is 2.27. The Kier molecular flexibility index (Phi) is 6.62. The minimum absolute atomic E-state index is 0.0355. The van der Waals surface area contributed by atoms with Gasteiger partial charge in [-0.25, -0.2) is 8.42 Å². The van der Waals surface area contributed by atoms with Crippen molar-refractivity contribution < 1.29 is 17.9 Å². The fraction of sp³-hybridized carbons (Fsp3) is 0.588. The maximum atomic E-state index is 12.7. The van der Waals surface area contributed by atoms with Gasteiger partial charge in [-0.3, -0.25) is 4.79 Å². The third kappa shape index (κ3) is 4.48. The predicted molar refractivity (Wildman–Crippen MR) is 92.6 cm³/mol. The second-order valence-electron chi connectivity index (χ2n) is 5.93. The van der Waals surface area contributed by atoms with Crippen molar-refractivity contribution in [3.63, 3.8) is 0 Å². The average molecular weight is 354 g/mol. The number of aryl methyl sites for hydroxylation is 1. The van der Waals surface area contributed by atoms with Crippen LogP contribution in [-0.4, -0.2) is 45.4 Å². The number of ether oxygens (including phenoxy) is 1. The topological polar surface area (TPSA) is 75.7 Å². The van der Waals surface area contributed by atoms with Crippen LogP contribution in [0.25, 0.3) is 0 Å². The predicted octanol–water partition coefficient (Wildman–Crippen LogP) is 1.94. The summed E-state index contributed by atoms with van der Waals surface area (Å²) in [5.74, 6) is 0.574. The highest BCUT2D eigenvalue weighted by molar-refractivity contribution is 7.89. The maximum Gasteiger partial charge on any atom is 0.243 e. The zero-order valence-corrected chi connectivity index (χ0v) is 15.2. The van der Waals surface area contributed by atoms with E-state index < -0.39 is 10.0 Å². The number of nitrogens with one attached hydrogen (secondary N) is 1. The van der Waals surface area contributed by atoms with Crippen LogP contribution in [0.5, 0.6) is 5.75 Å². The Hall–Kier alpha value is -1.60. The number of amides is 1. The summed E-state index contributed by atoms with van der Waals surface area (Å²) in [6.07, 6.45) is 3.45. The Bertz CT molecular complexity index is 667. The van der Waals surface area contributed by atoms with Crippen LogP contribution < -0.4 is 10.1 Å². The van der Waals surface area contributed by atoms with Crippen molar-refractivity contribution in [2.75, 3.05) is 26.7 Å². The monoisotopic (exact) mass is 354 g/mol. The molecule has 1 aromatic rings. The van der Waals surface area contributed by atoms with Gasteiger partial charge < -0.3 is 10.1 Å². The number of carbonyl (C=O) groups is 1. The first-order valence-corrected chi connectivity index (χ1v) is 9.86. The molecule has 1 heterocycles. The molecule has 1 amide bonds. The first kappa shape index (κ1) is 18.7. The van der Waals surface area contributed by atoms with Crippen molar-refractivity contribution in [1.82, 2.24) is 9.62 Å². The Morgan fingerprint density at radius 2 is 2.00 bits per heavy atom. The molecule has 1 N–H and O–H groups in total. The number of nitrogens with zero attached hydrogens (tertiary/aromatic N) is 1. The Morgan fingerprint density at radius 1 is 1.29 bits per heavy atom. The van der Waals surface area contributed by atoms with E-state index in [4.69, 9.17) is 4.74 Å². The summed E-state index contributed by atoms with van der Waals surface area (Å²) < 4.78 is 32.2. The van der Waals surface area contributed by atoms with Gasteiger partial charge in [0.1, 0.15) is 5.75 Å². The molecule has 0 aromatic heterocycles. The SMILES string of the molecule is CCCNC(=O)CCc1cc(S(=O)(=O)N2CCCC2)ccc1OC. The van der Waals surface area contributed by atoms with E-state index in [1.807, 2.05) is 6.92 Å². The maximum absolute atomic E-state index is 12.7. The minimum Gasteiger partial charge on any atom is -0.496 e. The Labute approximate surface area is 144 Å². The molecule has 2 rings (SSSR count). The van der Waals surface area contributed by atoms with Gasteiger partial charge in [-0.2, -0.15) is 4.31 Å². The van der Waals surface area contributed by atoms with Crippen LogP contribution in [0, 0.1) is 0 Å². The molecule has 0 unspecified atom stereocenters. The van der Waals surface area contributed by atoms with Crippen molar-refractivity contribution in [3.8, 4) is 5.75 Å². The molecule has 134 valence electrons. The molecule has 7 heteroatoms. The van der Waals surface area contributed by atoms with Crippen molar-refractivity contribution in [2.45, 2.75) is 43.9 Å². The normalized spacial score (nSPS) is 15.4. The second-order valence-corrected chi connectivity index (χ2v) is 7.87. The smallest absolute Gasteiger partial charge is 0.243 e. The number of hydrogen-bond donors (Lipinski definition) is 1. The van der Waals surface area contributed by atoms with Crippen LogP contribution in [0.1, 0.15) is 38.2 Å². The van der Waals surface area contributed by atoms with Crippen LogP contribution in [0.2, 0.25) is 0 Å². The van der Waals surface area contributed by atoms with Gasteiger partial charge in [0.15, 0.2) is 0 Å². The van der Waals surface area contributed by atoms with E-state index in [2.05, 4.69) is 5.32 Å². The Morgan fingerprint density at radius 3 is 2.62 bits per heavy atom. The van der Waals surface area contributed by atoms with E-state index in [9.17, 15) is 13.2 Å². The molecule has 1 saturated heterocycles. The third-order valence-electron chi connectivity index (χ3n) is 4.15. The summed E-state index contributed by atoms with van der Waals surface area (Å²) in [4.78, 5) is 12.1. The molecule has 0 bridgehead atoms. The van der Waals surface area contributed by atoms with E-state index in [0.29, 0.717) is 38.2 Å². The standard InChI is InChI=1S/C17H26N2O4S/c1-3-10-18-17(20)9-6-14-13-15(7-8-16(14)23-2)24(21,22)19-11-4-5-12-19/h7-8,13H,3-6,9-12H2,1-2H3,(H,18,20). The number of hydrogen-bond acceptors (Lipinski definition) is 4. The summed E-state index contributed by atoms with van der Waals surface area (Å²) in [6.45, 7) is 3.79. The van der Waals surface area contributed by atoms with Crippen LogP contribution in [0.3, 0.4) is 0 Å². The molecule has 0 atom stereocenters. The number of sulfonamides is 1. The van der Waals surface area contributed by atoms with Gasteiger partial charge >= 0.3 is 0 Å². The van der Waals surface area contributed by atoms with Crippen molar-refractivity contribution >= 4 is 15.9 Å². The summed E-state index contributed by atoms with van der Waals surface area (Å²) in [7, 11) is -1.92. The molecule has 1 aliphatic heterocycles. The van der Waals surface area contributed by atoms with Gasteiger partial charge in [0, 0.05) is 26.1 Å². The molecule has 0 radical (unpaired) electrons. The van der Waals surface area contributed by atoms with E-state index in [-0.39, 0.29) is 10.8 Å². The van der Waals surface area contributed by atoms with E-state index in [0.717, 1.165) is 24.8 Å². The van der Waals surface area contributed by atoms with Crippen molar-refractivity contribution in [3.05, 3.63) is 23.8 Å². The van der Waals surface area contributed by atoms with E-state index in [1.54, 1.807) is 25.3 Å². The van der Waals surface area contributed by atoms with Crippen LogP contribution in [0.15, 0.2) is 23.1 Å². The number of benzene rings is 1. The molecule has 0 aliphatic carbocycles. The molecular weight excluding hydrogens is 328 g/mol.